The van der Waals surface area contributed by atoms with Crippen LogP contribution in [0.3, 0.4) is 0 Å². The number of aliphatic carboxylic acids is 1. The number of hydrogen-bond acceptors (Lipinski definition) is 4. The van der Waals surface area contributed by atoms with E-state index in [0.29, 0.717) is 31.7 Å². The number of carboxylic acid groups (broad SMARTS) is 1. The van der Waals surface area contributed by atoms with E-state index in [-0.39, 0.29) is 36.3 Å². The van der Waals surface area contributed by atoms with Crippen LogP contribution in [0.1, 0.15) is 55.6 Å². The van der Waals surface area contributed by atoms with Gasteiger partial charge in [-0.3, -0.25) is 9.59 Å². The summed E-state index contributed by atoms with van der Waals surface area (Å²) < 4.78 is 5.68. The first-order valence-electron chi connectivity index (χ1n) is 12.5. The smallest absolute Gasteiger partial charge is 0.407 e. The van der Waals surface area contributed by atoms with Gasteiger partial charge in [0.15, 0.2) is 0 Å². The topological polar surface area (TPSA) is 95.9 Å². The summed E-state index contributed by atoms with van der Waals surface area (Å²) in [4.78, 5) is 38.1. The van der Waals surface area contributed by atoms with Crippen molar-refractivity contribution in [1.82, 2.24) is 10.2 Å². The van der Waals surface area contributed by atoms with Gasteiger partial charge in [-0.15, -0.1) is 0 Å². The van der Waals surface area contributed by atoms with Gasteiger partial charge < -0.3 is 20.1 Å². The highest BCUT2D eigenvalue weighted by Gasteiger charge is 2.65. The minimum Gasteiger partial charge on any atom is -0.481 e. The van der Waals surface area contributed by atoms with Crippen molar-refractivity contribution in [1.29, 1.82) is 0 Å². The van der Waals surface area contributed by atoms with Gasteiger partial charge >= 0.3 is 12.1 Å². The fraction of sp³-hybridized carbons (Fsp3) is 0.464. The molecule has 2 N–H and O–H groups in total. The normalized spacial score (nSPS) is 23.7. The zero-order chi connectivity index (χ0) is 24.6. The maximum absolute atomic E-state index is 13.1. The first kappa shape index (κ1) is 23.4. The van der Waals surface area contributed by atoms with Crippen molar-refractivity contribution < 1.29 is 24.2 Å². The monoisotopic (exact) mass is 476 g/mol. The van der Waals surface area contributed by atoms with Crippen molar-refractivity contribution in [3.8, 4) is 11.1 Å². The number of rotatable bonds is 9. The lowest BCUT2D eigenvalue weighted by Gasteiger charge is -2.24. The molecule has 184 valence electrons. The molecule has 5 rings (SSSR count). The summed E-state index contributed by atoms with van der Waals surface area (Å²) in [6.07, 6.45) is 3.24. The molecule has 3 aliphatic rings. The van der Waals surface area contributed by atoms with Crippen LogP contribution in [0.4, 0.5) is 4.79 Å². The Morgan fingerprint density at radius 1 is 1.03 bits per heavy atom. The van der Waals surface area contributed by atoms with E-state index in [4.69, 9.17) is 9.84 Å². The molecule has 7 heteroatoms. The number of carbonyl (C=O) groups excluding carboxylic acids is 2. The van der Waals surface area contributed by atoms with Crippen LogP contribution in [0.15, 0.2) is 48.5 Å². The summed E-state index contributed by atoms with van der Waals surface area (Å²) in [5.74, 6) is -0.365. The SMILES string of the molecule is CN(CCCCC(=O)O)C(=O)[C@]12C[C@H](NC(=O)OCC3c4ccccc4-c4ccccc43)C[C@H]1C2. The van der Waals surface area contributed by atoms with Gasteiger partial charge in [-0.05, 0) is 60.3 Å². The molecule has 0 spiro atoms. The van der Waals surface area contributed by atoms with Gasteiger partial charge in [-0.2, -0.15) is 0 Å². The summed E-state index contributed by atoms with van der Waals surface area (Å²) in [5, 5.41) is 11.8. The van der Waals surface area contributed by atoms with E-state index < -0.39 is 12.1 Å². The average Bonchev–Trinajstić information content (AvgIpc) is 3.27. The molecule has 0 saturated heterocycles. The third-order valence-corrected chi connectivity index (χ3v) is 7.98. The van der Waals surface area contributed by atoms with Crippen molar-refractivity contribution in [3.63, 3.8) is 0 Å². The van der Waals surface area contributed by atoms with Crippen LogP contribution in [0.2, 0.25) is 0 Å². The van der Waals surface area contributed by atoms with Crippen LogP contribution in [0.5, 0.6) is 0 Å². The molecule has 0 heterocycles. The van der Waals surface area contributed by atoms with E-state index in [1.165, 1.54) is 22.3 Å². The lowest BCUT2D eigenvalue weighted by atomic mass is 9.98. The van der Waals surface area contributed by atoms with Gasteiger partial charge in [0.2, 0.25) is 5.91 Å². The number of hydrogen-bond donors (Lipinski definition) is 2. The fourth-order valence-electron chi connectivity index (χ4n) is 6.18. The molecule has 2 aromatic rings. The molecule has 2 fully saturated rings. The van der Waals surface area contributed by atoms with Crippen molar-refractivity contribution in [2.24, 2.45) is 11.3 Å². The average molecular weight is 477 g/mol. The highest BCUT2D eigenvalue weighted by atomic mass is 16.5. The second-order valence-corrected chi connectivity index (χ2v) is 10.2. The number of fused-ring (bicyclic) bond motifs is 4. The zero-order valence-electron chi connectivity index (χ0n) is 20.0. The summed E-state index contributed by atoms with van der Waals surface area (Å²) >= 11 is 0. The third-order valence-electron chi connectivity index (χ3n) is 7.98. The largest absolute Gasteiger partial charge is 0.481 e. The van der Waals surface area contributed by atoms with Crippen LogP contribution < -0.4 is 5.32 Å². The van der Waals surface area contributed by atoms with Gasteiger partial charge in [0.05, 0.1) is 5.41 Å². The molecule has 0 aliphatic heterocycles. The number of nitrogens with zero attached hydrogens (tertiary/aromatic N) is 1. The van der Waals surface area contributed by atoms with E-state index in [2.05, 4.69) is 29.6 Å². The van der Waals surface area contributed by atoms with E-state index in [9.17, 15) is 14.4 Å². The number of unbranched alkanes of at least 4 members (excludes halogenated alkanes) is 1. The highest BCUT2D eigenvalue weighted by Crippen LogP contribution is 2.64. The van der Waals surface area contributed by atoms with Gasteiger partial charge in [0, 0.05) is 32.0 Å². The minimum absolute atomic E-state index is 0.0211. The number of nitrogens with one attached hydrogen (secondary N) is 1. The summed E-state index contributed by atoms with van der Waals surface area (Å²) in [6, 6.07) is 16.4. The maximum atomic E-state index is 13.1. The molecule has 7 nitrogen and oxygen atoms in total. The molecule has 0 unspecified atom stereocenters. The molecule has 2 amide bonds. The lowest BCUT2D eigenvalue weighted by Crippen LogP contribution is -2.39. The van der Waals surface area contributed by atoms with E-state index in [1.54, 1.807) is 11.9 Å². The third kappa shape index (κ3) is 4.51. The molecule has 2 aromatic carbocycles. The van der Waals surface area contributed by atoms with Crippen LogP contribution in [-0.4, -0.2) is 54.2 Å². The second kappa shape index (κ2) is 9.36. The maximum Gasteiger partial charge on any atom is 0.407 e. The second-order valence-electron chi connectivity index (χ2n) is 10.2. The van der Waals surface area contributed by atoms with Crippen molar-refractivity contribution in [2.75, 3.05) is 20.2 Å². The molecule has 2 saturated carbocycles. The van der Waals surface area contributed by atoms with E-state index in [1.807, 2.05) is 24.3 Å². The molecule has 0 bridgehead atoms. The number of carbonyl (C=O) groups is 3. The minimum atomic E-state index is -0.808. The Morgan fingerprint density at radius 3 is 2.34 bits per heavy atom. The number of carboxylic acids is 1. The first-order valence-corrected chi connectivity index (χ1v) is 12.5. The van der Waals surface area contributed by atoms with Crippen molar-refractivity contribution in [2.45, 2.75) is 50.5 Å². The fourth-order valence-corrected chi connectivity index (χ4v) is 6.18. The van der Waals surface area contributed by atoms with Crippen LogP contribution in [0.25, 0.3) is 11.1 Å². The Labute approximate surface area is 205 Å². The number of ether oxygens (including phenoxy) is 1. The standard InChI is InChI=1S/C28H32N2O5/c1-30(13-7-6-12-25(31)32)26(33)28-15-18(28)14-19(16-28)29-27(34)35-17-24-22-10-4-2-8-20(22)21-9-3-5-11-23(21)24/h2-5,8-11,18-19,24H,6-7,12-17H2,1H3,(H,29,34)(H,31,32)/t18-,19+,28+/m0/s1. The highest BCUT2D eigenvalue weighted by molar-refractivity contribution is 5.86. The van der Waals surface area contributed by atoms with E-state index >= 15 is 0 Å². The van der Waals surface area contributed by atoms with Gasteiger partial charge in [-0.1, -0.05) is 48.5 Å². The Morgan fingerprint density at radius 2 is 1.69 bits per heavy atom. The molecule has 3 aliphatic carbocycles. The Hall–Kier alpha value is -3.35. The van der Waals surface area contributed by atoms with Gasteiger partial charge in [0.25, 0.3) is 0 Å². The molecule has 0 radical (unpaired) electrons. The molecular weight excluding hydrogens is 444 g/mol. The quantitative estimate of drug-likeness (QED) is 0.523. The molecular formula is C28H32N2O5. The Balaban J connectivity index is 1.12. The van der Waals surface area contributed by atoms with Crippen molar-refractivity contribution >= 4 is 18.0 Å². The number of benzene rings is 2. The molecule has 35 heavy (non-hydrogen) atoms. The molecule has 0 aromatic heterocycles. The first-order chi connectivity index (χ1) is 16.9. The van der Waals surface area contributed by atoms with E-state index in [0.717, 1.165) is 12.8 Å². The Bertz CT molecular complexity index is 1100. The van der Waals surface area contributed by atoms with Gasteiger partial charge in [0.1, 0.15) is 6.61 Å². The summed E-state index contributed by atoms with van der Waals surface area (Å²) in [6.45, 7) is 0.838. The summed E-state index contributed by atoms with van der Waals surface area (Å²) in [5.41, 5.74) is 4.38. The van der Waals surface area contributed by atoms with Crippen LogP contribution in [-0.2, 0) is 14.3 Å². The summed E-state index contributed by atoms with van der Waals surface area (Å²) in [7, 11) is 1.79. The predicted octanol–water partition coefficient (Wildman–Crippen LogP) is 4.41. The predicted molar refractivity (Wildman–Crippen MR) is 131 cm³/mol. The van der Waals surface area contributed by atoms with Crippen molar-refractivity contribution in [3.05, 3.63) is 59.7 Å². The number of alkyl carbamates (subject to hydrolysis) is 1. The Kier molecular flexibility index (Phi) is 6.26. The lowest BCUT2D eigenvalue weighted by molar-refractivity contribution is -0.137. The van der Waals surface area contributed by atoms with Crippen LogP contribution in [0, 0.1) is 11.3 Å². The van der Waals surface area contributed by atoms with Crippen LogP contribution >= 0.6 is 0 Å². The zero-order valence-corrected chi connectivity index (χ0v) is 20.0. The molecule has 3 atom stereocenters. The number of amides is 2. The van der Waals surface area contributed by atoms with Gasteiger partial charge in [-0.25, -0.2) is 4.79 Å².